The molecule has 4 nitrogen and oxygen atoms in total. The predicted molar refractivity (Wildman–Crippen MR) is 69.2 cm³/mol. The van der Waals surface area contributed by atoms with E-state index in [2.05, 4.69) is 15.3 Å². The van der Waals surface area contributed by atoms with Crippen molar-refractivity contribution in [3.05, 3.63) is 46.1 Å². The van der Waals surface area contributed by atoms with Gasteiger partial charge < -0.3 is 10.3 Å². The molecule has 2 rings (SSSR count). The molecule has 1 heterocycles. The number of aromatic amines is 1. The van der Waals surface area contributed by atoms with Crippen molar-refractivity contribution in [2.24, 2.45) is 0 Å². The number of aryl methyl sites for hydroxylation is 1. The first-order valence-electron chi connectivity index (χ1n) is 5.19. The molecular formula is C12H10FN3OS. The smallest absolute Gasteiger partial charge is 0.156 e. The lowest BCUT2D eigenvalue weighted by Gasteiger charge is -2.09. The van der Waals surface area contributed by atoms with Gasteiger partial charge in [0.15, 0.2) is 6.29 Å². The molecular weight excluding hydrogens is 253 g/mol. The highest BCUT2D eigenvalue weighted by Gasteiger charge is 2.06. The highest BCUT2D eigenvalue weighted by atomic mass is 32.1. The summed E-state index contributed by atoms with van der Waals surface area (Å²) in [6, 6.07) is 5.78. The molecule has 92 valence electrons. The molecule has 0 saturated carbocycles. The number of hydrogen-bond acceptors (Lipinski definition) is 4. The summed E-state index contributed by atoms with van der Waals surface area (Å²) in [6.45, 7) is 1.74. The van der Waals surface area contributed by atoms with Crippen LogP contribution in [0.3, 0.4) is 0 Å². The van der Waals surface area contributed by atoms with Crippen LogP contribution in [0, 0.1) is 17.4 Å². The maximum absolute atomic E-state index is 12.8. The summed E-state index contributed by atoms with van der Waals surface area (Å²) in [5.74, 6) is 0.722. The summed E-state index contributed by atoms with van der Waals surface area (Å²) in [7, 11) is 0. The number of carbonyl (C=O) groups excluding carboxylic acids is 1. The summed E-state index contributed by atoms with van der Waals surface area (Å²) < 4.78 is 13.0. The lowest BCUT2D eigenvalue weighted by atomic mass is 10.3. The number of benzene rings is 1. The summed E-state index contributed by atoms with van der Waals surface area (Å²) in [5.41, 5.74) is 0.927. The van der Waals surface area contributed by atoms with E-state index in [-0.39, 0.29) is 16.0 Å². The van der Waals surface area contributed by atoms with E-state index in [1.54, 1.807) is 19.1 Å². The topological polar surface area (TPSA) is 57.8 Å². The Hall–Kier alpha value is -2.08. The Morgan fingerprint density at radius 1 is 1.39 bits per heavy atom. The fourth-order valence-electron chi connectivity index (χ4n) is 1.48. The molecule has 0 radical (unpaired) electrons. The summed E-state index contributed by atoms with van der Waals surface area (Å²) in [6.07, 6.45) is 0.636. The fourth-order valence-corrected chi connectivity index (χ4v) is 1.77. The molecule has 2 aromatic rings. The van der Waals surface area contributed by atoms with Gasteiger partial charge in [-0.05, 0) is 31.2 Å². The highest BCUT2D eigenvalue weighted by molar-refractivity contribution is 7.71. The minimum Gasteiger partial charge on any atom is -0.341 e. The van der Waals surface area contributed by atoms with E-state index in [0.717, 1.165) is 0 Å². The Balaban J connectivity index is 2.42. The molecule has 0 fully saturated rings. The van der Waals surface area contributed by atoms with Crippen LogP contribution in [0.1, 0.15) is 16.2 Å². The number of aldehydes is 1. The molecule has 0 aliphatic carbocycles. The van der Waals surface area contributed by atoms with Crippen molar-refractivity contribution in [2.75, 3.05) is 5.32 Å². The van der Waals surface area contributed by atoms with Crippen LogP contribution < -0.4 is 5.32 Å². The summed E-state index contributed by atoms with van der Waals surface area (Å²) in [5, 5.41) is 2.97. The molecule has 1 aromatic heterocycles. The van der Waals surface area contributed by atoms with Crippen LogP contribution in [0.4, 0.5) is 15.9 Å². The van der Waals surface area contributed by atoms with Gasteiger partial charge in [-0.3, -0.25) is 4.79 Å². The number of anilines is 2. The Labute approximate surface area is 108 Å². The maximum Gasteiger partial charge on any atom is 0.156 e. The van der Waals surface area contributed by atoms with Gasteiger partial charge in [0.05, 0.1) is 5.56 Å². The Morgan fingerprint density at radius 2 is 2.06 bits per heavy atom. The van der Waals surface area contributed by atoms with Crippen molar-refractivity contribution < 1.29 is 9.18 Å². The monoisotopic (exact) mass is 263 g/mol. The standard InChI is InChI=1S/C12H10FN3OS/c1-7-14-11(10(6-17)12(18)15-7)16-9-4-2-8(13)3-5-9/h2-6H,1H3,(H2,14,15,16,18). The van der Waals surface area contributed by atoms with Crippen molar-refractivity contribution in [1.29, 1.82) is 0 Å². The van der Waals surface area contributed by atoms with E-state index in [0.29, 0.717) is 23.6 Å². The van der Waals surface area contributed by atoms with Gasteiger partial charge in [-0.1, -0.05) is 12.2 Å². The van der Waals surface area contributed by atoms with Gasteiger partial charge in [0.1, 0.15) is 22.1 Å². The van der Waals surface area contributed by atoms with Crippen LogP contribution in [0.15, 0.2) is 24.3 Å². The molecule has 6 heteroatoms. The quantitative estimate of drug-likeness (QED) is 0.659. The molecule has 0 aliphatic rings. The summed E-state index contributed by atoms with van der Waals surface area (Å²) >= 11 is 5.00. The van der Waals surface area contributed by atoms with Crippen LogP contribution in [-0.2, 0) is 0 Å². The normalized spacial score (nSPS) is 10.1. The molecule has 0 unspecified atom stereocenters. The minimum atomic E-state index is -0.324. The van der Waals surface area contributed by atoms with E-state index < -0.39 is 0 Å². The Bertz CT molecular complexity index is 637. The third kappa shape index (κ3) is 2.60. The molecule has 0 atom stereocenters. The van der Waals surface area contributed by atoms with Crippen molar-refractivity contribution in [1.82, 2.24) is 9.97 Å². The van der Waals surface area contributed by atoms with Gasteiger partial charge in [-0.25, -0.2) is 9.37 Å². The molecule has 0 aliphatic heterocycles. The predicted octanol–water partition coefficient (Wildman–Crippen LogP) is 3.14. The number of rotatable bonds is 3. The fraction of sp³-hybridized carbons (Fsp3) is 0.0833. The lowest BCUT2D eigenvalue weighted by Crippen LogP contribution is -2.03. The van der Waals surface area contributed by atoms with Gasteiger partial charge >= 0.3 is 0 Å². The SMILES string of the molecule is Cc1nc(=S)c(C=O)c(Nc2ccc(F)cc2)[nH]1. The van der Waals surface area contributed by atoms with Gasteiger partial charge in [-0.15, -0.1) is 0 Å². The second kappa shape index (κ2) is 5.05. The first-order valence-corrected chi connectivity index (χ1v) is 5.59. The number of aromatic nitrogens is 2. The zero-order chi connectivity index (χ0) is 13.1. The first kappa shape index (κ1) is 12.4. The number of carbonyl (C=O) groups is 1. The van der Waals surface area contributed by atoms with Crippen molar-refractivity contribution in [2.45, 2.75) is 6.92 Å². The zero-order valence-corrected chi connectivity index (χ0v) is 10.3. The highest BCUT2D eigenvalue weighted by Crippen LogP contribution is 2.18. The van der Waals surface area contributed by atoms with Gasteiger partial charge in [0.25, 0.3) is 0 Å². The van der Waals surface area contributed by atoms with E-state index in [1.165, 1.54) is 12.1 Å². The van der Waals surface area contributed by atoms with Crippen LogP contribution in [0.5, 0.6) is 0 Å². The van der Waals surface area contributed by atoms with Crippen LogP contribution >= 0.6 is 12.2 Å². The number of nitrogens with zero attached hydrogens (tertiary/aromatic N) is 1. The lowest BCUT2D eigenvalue weighted by molar-refractivity contribution is 0.112. The van der Waals surface area contributed by atoms with Crippen molar-refractivity contribution in [3.8, 4) is 0 Å². The first-order chi connectivity index (χ1) is 8.60. The third-order valence-electron chi connectivity index (χ3n) is 2.31. The molecule has 0 amide bonds. The van der Waals surface area contributed by atoms with E-state index in [1.807, 2.05) is 0 Å². The molecule has 0 saturated heterocycles. The van der Waals surface area contributed by atoms with Gasteiger partial charge in [-0.2, -0.15) is 0 Å². The Kier molecular flexibility index (Phi) is 3.47. The number of halogens is 1. The average molecular weight is 263 g/mol. The van der Waals surface area contributed by atoms with Crippen molar-refractivity contribution in [3.63, 3.8) is 0 Å². The average Bonchev–Trinajstić information content (AvgIpc) is 2.32. The van der Waals surface area contributed by atoms with Crippen LogP contribution in [0.25, 0.3) is 0 Å². The number of H-pyrrole nitrogens is 1. The Morgan fingerprint density at radius 3 is 2.67 bits per heavy atom. The largest absolute Gasteiger partial charge is 0.341 e. The van der Waals surface area contributed by atoms with E-state index in [9.17, 15) is 9.18 Å². The number of nitrogens with one attached hydrogen (secondary N) is 2. The molecule has 1 aromatic carbocycles. The van der Waals surface area contributed by atoms with Gasteiger partial charge in [0.2, 0.25) is 0 Å². The molecule has 2 N–H and O–H groups in total. The van der Waals surface area contributed by atoms with Crippen molar-refractivity contribution >= 4 is 30.0 Å². The number of hydrogen-bond donors (Lipinski definition) is 2. The van der Waals surface area contributed by atoms with Crippen LogP contribution in [-0.4, -0.2) is 16.3 Å². The van der Waals surface area contributed by atoms with Gasteiger partial charge in [0, 0.05) is 5.69 Å². The second-order valence-corrected chi connectivity index (χ2v) is 4.05. The minimum absolute atomic E-state index is 0.228. The summed E-state index contributed by atoms with van der Waals surface area (Å²) in [4.78, 5) is 17.9. The third-order valence-corrected chi connectivity index (χ3v) is 2.62. The molecule has 0 bridgehead atoms. The second-order valence-electron chi connectivity index (χ2n) is 3.67. The van der Waals surface area contributed by atoms with Crippen LogP contribution in [0.2, 0.25) is 0 Å². The van der Waals surface area contributed by atoms with E-state index in [4.69, 9.17) is 12.2 Å². The molecule has 0 spiro atoms. The maximum atomic E-state index is 12.8. The van der Waals surface area contributed by atoms with E-state index >= 15 is 0 Å². The zero-order valence-electron chi connectivity index (χ0n) is 9.53. The molecule has 18 heavy (non-hydrogen) atoms.